The third kappa shape index (κ3) is 3.26. The van der Waals surface area contributed by atoms with E-state index in [4.69, 9.17) is 4.74 Å². The Labute approximate surface area is 129 Å². The standard InChI is InChI=1S/C13H12F3NO5S/c1-3-21-12(18)17-10-5-4-8(2)6-9(10)7-11(17)22-23(19,20)13(14,15)16/h4-7H,3H2,1-2H3. The van der Waals surface area contributed by atoms with E-state index in [2.05, 4.69) is 4.18 Å². The van der Waals surface area contributed by atoms with Crippen molar-refractivity contribution in [3.05, 3.63) is 29.8 Å². The van der Waals surface area contributed by atoms with Gasteiger partial charge in [0.1, 0.15) is 0 Å². The van der Waals surface area contributed by atoms with E-state index in [0.29, 0.717) is 9.95 Å². The van der Waals surface area contributed by atoms with E-state index in [-0.39, 0.29) is 12.1 Å². The van der Waals surface area contributed by atoms with Gasteiger partial charge in [0, 0.05) is 11.5 Å². The van der Waals surface area contributed by atoms with Gasteiger partial charge in [-0.05, 0) is 26.0 Å². The van der Waals surface area contributed by atoms with Crippen LogP contribution in [-0.4, -0.2) is 31.2 Å². The average molecular weight is 351 g/mol. The zero-order chi connectivity index (χ0) is 17.4. The highest BCUT2D eigenvalue weighted by Gasteiger charge is 2.49. The first kappa shape index (κ1) is 17.1. The van der Waals surface area contributed by atoms with Gasteiger partial charge in [-0.2, -0.15) is 21.6 Å². The van der Waals surface area contributed by atoms with Gasteiger partial charge in [0.05, 0.1) is 12.1 Å². The van der Waals surface area contributed by atoms with Crippen molar-refractivity contribution in [3.63, 3.8) is 0 Å². The molecule has 0 aliphatic heterocycles. The summed E-state index contributed by atoms with van der Waals surface area (Å²) >= 11 is 0. The summed E-state index contributed by atoms with van der Waals surface area (Å²) in [5, 5.41) is 0.338. The van der Waals surface area contributed by atoms with Crippen molar-refractivity contribution < 1.29 is 35.3 Å². The molecule has 0 fully saturated rings. The minimum absolute atomic E-state index is 0.0458. The summed E-state index contributed by atoms with van der Waals surface area (Å²) in [6.45, 7) is 3.19. The lowest BCUT2D eigenvalue weighted by molar-refractivity contribution is -0.0502. The normalized spacial score (nSPS) is 12.4. The summed E-state index contributed by atoms with van der Waals surface area (Å²) < 4.78 is 69.3. The van der Waals surface area contributed by atoms with Crippen LogP contribution in [0.15, 0.2) is 24.3 Å². The Hall–Kier alpha value is -2.23. The second-order valence-corrected chi connectivity index (χ2v) is 6.10. The molecule has 0 aliphatic carbocycles. The lowest BCUT2D eigenvalue weighted by Crippen LogP contribution is -2.29. The molecule has 0 spiro atoms. The van der Waals surface area contributed by atoms with Gasteiger partial charge in [0.15, 0.2) is 0 Å². The number of nitrogens with zero attached hydrogens (tertiary/aromatic N) is 1. The van der Waals surface area contributed by atoms with Crippen LogP contribution in [0.3, 0.4) is 0 Å². The molecule has 2 rings (SSSR count). The quantitative estimate of drug-likeness (QED) is 0.627. The predicted molar refractivity (Wildman–Crippen MR) is 74.7 cm³/mol. The van der Waals surface area contributed by atoms with Crippen molar-refractivity contribution >= 4 is 27.1 Å². The number of ether oxygens (including phenoxy) is 1. The number of alkyl halides is 3. The number of aryl methyl sites for hydroxylation is 1. The Morgan fingerprint density at radius 2 is 1.91 bits per heavy atom. The molecular weight excluding hydrogens is 339 g/mol. The molecule has 1 aromatic carbocycles. The van der Waals surface area contributed by atoms with E-state index >= 15 is 0 Å². The van der Waals surface area contributed by atoms with E-state index < -0.39 is 27.6 Å². The molecule has 0 aliphatic rings. The second kappa shape index (κ2) is 5.76. The highest BCUT2D eigenvalue weighted by molar-refractivity contribution is 7.87. The number of carbonyl (C=O) groups is 1. The fourth-order valence-electron chi connectivity index (χ4n) is 1.91. The fraction of sp³-hybridized carbons (Fsp3) is 0.308. The highest BCUT2D eigenvalue weighted by atomic mass is 32.2. The molecule has 126 valence electrons. The molecule has 0 atom stereocenters. The molecule has 0 saturated heterocycles. The number of hydrogen-bond donors (Lipinski definition) is 0. The third-order valence-corrected chi connectivity index (χ3v) is 3.81. The maximum Gasteiger partial charge on any atom is 0.534 e. The Morgan fingerprint density at radius 3 is 2.48 bits per heavy atom. The Kier molecular flexibility index (Phi) is 4.29. The minimum atomic E-state index is -5.91. The summed E-state index contributed by atoms with van der Waals surface area (Å²) in [5.41, 5.74) is -4.68. The van der Waals surface area contributed by atoms with Crippen LogP contribution in [0, 0.1) is 6.92 Å². The smallest absolute Gasteiger partial charge is 0.449 e. The summed E-state index contributed by atoms with van der Waals surface area (Å²) in [6.07, 6.45) is -1.04. The van der Waals surface area contributed by atoms with E-state index in [1.165, 1.54) is 13.0 Å². The molecule has 1 aromatic heterocycles. The molecular formula is C13H12F3NO5S. The average Bonchev–Trinajstić information content (AvgIpc) is 2.73. The van der Waals surface area contributed by atoms with Gasteiger partial charge in [-0.15, -0.1) is 0 Å². The monoisotopic (exact) mass is 351 g/mol. The van der Waals surface area contributed by atoms with Gasteiger partial charge in [0.25, 0.3) is 0 Å². The number of aromatic nitrogens is 1. The van der Waals surface area contributed by atoms with E-state index in [9.17, 15) is 26.4 Å². The Morgan fingerprint density at radius 1 is 1.26 bits per heavy atom. The van der Waals surface area contributed by atoms with Crippen LogP contribution in [0.1, 0.15) is 12.5 Å². The molecule has 0 amide bonds. The third-order valence-electron chi connectivity index (χ3n) is 2.85. The van der Waals surface area contributed by atoms with Crippen molar-refractivity contribution in [2.24, 2.45) is 0 Å². The molecule has 0 bridgehead atoms. The van der Waals surface area contributed by atoms with Crippen molar-refractivity contribution in [3.8, 4) is 5.88 Å². The highest BCUT2D eigenvalue weighted by Crippen LogP contribution is 2.31. The van der Waals surface area contributed by atoms with Gasteiger partial charge < -0.3 is 8.92 Å². The lowest BCUT2D eigenvalue weighted by atomic mass is 10.2. The van der Waals surface area contributed by atoms with Gasteiger partial charge in [-0.25, -0.2) is 9.36 Å². The topological polar surface area (TPSA) is 74.6 Å². The summed E-state index contributed by atoms with van der Waals surface area (Å²) in [6, 6.07) is 5.66. The molecule has 0 unspecified atom stereocenters. The van der Waals surface area contributed by atoms with E-state index in [0.717, 1.165) is 11.6 Å². The number of benzene rings is 1. The molecule has 0 N–H and O–H groups in total. The molecule has 23 heavy (non-hydrogen) atoms. The second-order valence-electron chi connectivity index (χ2n) is 4.56. The summed E-state index contributed by atoms with van der Waals surface area (Å²) in [7, 11) is -5.91. The number of carbonyl (C=O) groups excluding carboxylic acids is 1. The zero-order valence-electron chi connectivity index (χ0n) is 12.0. The van der Waals surface area contributed by atoms with Gasteiger partial charge in [-0.3, -0.25) is 0 Å². The molecule has 2 aromatic rings. The number of hydrogen-bond acceptors (Lipinski definition) is 5. The van der Waals surface area contributed by atoms with E-state index in [1.54, 1.807) is 19.1 Å². The number of rotatable bonds is 3. The largest absolute Gasteiger partial charge is 0.534 e. The van der Waals surface area contributed by atoms with Crippen LogP contribution < -0.4 is 4.18 Å². The number of halogens is 3. The maximum absolute atomic E-state index is 12.5. The van der Waals surface area contributed by atoms with Gasteiger partial charge in [0.2, 0.25) is 5.88 Å². The SMILES string of the molecule is CCOC(=O)n1c(OS(=O)(=O)C(F)(F)F)cc2cc(C)ccc21. The van der Waals surface area contributed by atoms with Crippen molar-refractivity contribution in [2.45, 2.75) is 19.4 Å². The first-order chi connectivity index (χ1) is 10.6. The van der Waals surface area contributed by atoms with Crippen LogP contribution in [0.4, 0.5) is 18.0 Å². The van der Waals surface area contributed by atoms with Crippen molar-refractivity contribution in [1.29, 1.82) is 0 Å². The molecule has 10 heteroatoms. The summed E-state index contributed by atoms with van der Waals surface area (Å²) in [4.78, 5) is 11.9. The molecule has 1 heterocycles. The first-order valence-electron chi connectivity index (χ1n) is 6.37. The molecule has 0 saturated carbocycles. The first-order valence-corrected chi connectivity index (χ1v) is 7.77. The number of fused-ring (bicyclic) bond motifs is 1. The van der Waals surface area contributed by atoms with Crippen LogP contribution in [0.5, 0.6) is 5.88 Å². The maximum atomic E-state index is 12.5. The minimum Gasteiger partial charge on any atom is -0.449 e. The van der Waals surface area contributed by atoms with Crippen LogP contribution in [0.2, 0.25) is 0 Å². The van der Waals surface area contributed by atoms with Crippen molar-refractivity contribution in [2.75, 3.05) is 6.61 Å². The Balaban J connectivity index is 2.63. The molecule has 0 radical (unpaired) electrons. The van der Waals surface area contributed by atoms with Gasteiger partial charge >= 0.3 is 21.7 Å². The summed E-state index contributed by atoms with van der Waals surface area (Å²) in [5.74, 6) is -0.790. The lowest BCUT2D eigenvalue weighted by Gasteiger charge is -2.11. The Bertz CT molecular complexity index is 854. The van der Waals surface area contributed by atoms with Crippen LogP contribution in [-0.2, 0) is 14.9 Å². The van der Waals surface area contributed by atoms with E-state index in [1.807, 2.05) is 0 Å². The van der Waals surface area contributed by atoms with Crippen LogP contribution >= 0.6 is 0 Å². The predicted octanol–water partition coefficient (Wildman–Crippen LogP) is 3.18. The van der Waals surface area contributed by atoms with Crippen LogP contribution in [0.25, 0.3) is 10.9 Å². The zero-order valence-corrected chi connectivity index (χ0v) is 12.9. The van der Waals surface area contributed by atoms with Gasteiger partial charge in [-0.1, -0.05) is 11.6 Å². The molecule has 6 nitrogen and oxygen atoms in total. The fourth-order valence-corrected chi connectivity index (χ4v) is 2.35. The van der Waals surface area contributed by atoms with Crippen molar-refractivity contribution in [1.82, 2.24) is 4.57 Å².